The van der Waals surface area contributed by atoms with Crippen LogP contribution in [0.5, 0.6) is 5.75 Å². The van der Waals surface area contributed by atoms with Gasteiger partial charge in [-0.05, 0) is 17.7 Å². The molecule has 0 saturated carbocycles. The minimum Gasteiger partial charge on any atom is -0.496 e. The Labute approximate surface area is 110 Å². The molecule has 0 fully saturated rings. The zero-order valence-corrected chi connectivity index (χ0v) is 10.4. The first-order valence-electron chi connectivity index (χ1n) is 5.87. The second-order valence-electron chi connectivity index (χ2n) is 4.17. The number of hydrogen-bond acceptors (Lipinski definition) is 2. The van der Waals surface area contributed by atoms with Crippen LogP contribution in [-0.4, -0.2) is 12.2 Å². The zero-order chi connectivity index (χ0) is 13.8. The fraction of sp³-hybridized carbons (Fsp3) is 0.200. The maximum Gasteiger partial charge on any atom is 0.164 e. The third kappa shape index (κ3) is 2.90. The van der Waals surface area contributed by atoms with Gasteiger partial charge >= 0.3 is 0 Å². The number of para-hydroxylation sites is 1. The van der Waals surface area contributed by atoms with Gasteiger partial charge in [-0.15, -0.1) is 0 Å². The van der Waals surface area contributed by atoms with Gasteiger partial charge in [-0.25, -0.2) is 8.78 Å². The van der Waals surface area contributed by atoms with Gasteiger partial charge in [-0.2, -0.15) is 0 Å². The van der Waals surface area contributed by atoms with Crippen molar-refractivity contribution in [2.75, 3.05) is 7.11 Å². The molecular formula is C15H14F2O2. The van der Waals surface area contributed by atoms with E-state index in [1.807, 2.05) is 0 Å². The Morgan fingerprint density at radius 3 is 2.58 bits per heavy atom. The maximum atomic E-state index is 13.6. The third-order valence-electron chi connectivity index (χ3n) is 2.95. The summed E-state index contributed by atoms with van der Waals surface area (Å²) in [5.74, 6) is -1.36. The van der Waals surface area contributed by atoms with Crippen LogP contribution < -0.4 is 4.74 Å². The van der Waals surface area contributed by atoms with Crippen LogP contribution in [0.25, 0.3) is 0 Å². The van der Waals surface area contributed by atoms with Crippen LogP contribution in [0.3, 0.4) is 0 Å². The highest BCUT2D eigenvalue weighted by molar-refractivity contribution is 5.35. The summed E-state index contributed by atoms with van der Waals surface area (Å²) < 4.78 is 31.8. The molecule has 2 nitrogen and oxygen atoms in total. The fourth-order valence-corrected chi connectivity index (χ4v) is 1.97. The molecule has 0 bridgehead atoms. The fourth-order valence-electron chi connectivity index (χ4n) is 1.97. The highest BCUT2D eigenvalue weighted by Crippen LogP contribution is 2.26. The number of aliphatic hydroxyl groups is 1. The SMILES string of the molecule is COc1ccccc1CC(O)c1cccc(F)c1F. The molecule has 100 valence electrons. The lowest BCUT2D eigenvalue weighted by molar-refractivity contribution is 0.171. The predicted molar refractivity (Wildman–Crippen MR) is 68.0 cm³/mol. The molecule has 0 aliphatic rings. The number of rotatable bonds is 4. The van der Waals surface area contributed by atoms with Gasteiger partial charge < -0.3 is 9.84 Å². The van der Waals surface area contributed by atoms with E-state index in [1.54, 1.807) is 24.3 Å². The number of methoxy groups -OCH3 is 1. The molecule has 19 heavy (non-hydrogen) atoms. The largest absolute Gasteiger partial charge is 0.496 e. The van der Waals surface area contributed by atoms with E-state index in [4.69, 9.17) is 4.74 Å². The lowest BCUT2D eigenvalue weighted by Gasteiger charge is -2.14. The summed E-state index contributed by atoms with van der Waals surface area (Å²) in [6, 6.07) is 10.9. The molecule has 0 aromatic heterocycles. The quantitative estimate of drug-likeness (QED) is 0.918. The summed E-state index contributed by atoms with van der Waals surface area (Å²) in [4.78, 5) is 0. The molecule has 1 N–H and O–H groups in total. The summed E-state index contributed by atoms with van der Waals surface area (Å²) in [7, 11) is 1.52. The molecule has 0 aliphatic heterocycles. The van der Waals surface area contributed by atoms with Gasteiger partial charge in [-0.3, -0.25) is 0 Å². The van der Waals surface area contributed by atoms with Crippen LogP contribution in [0.2, 0.25) is 0 Å². The monoisotopic (exact) mass is 264 g/mol. The molecule has 1 unspecified atom stereocenters. The lowest BCUT2D eigenvalue weighted by Crippen LogP contribution is -2.06. The molecule has 2 aromatic carbocycles. The van der Waals surface area contributed by atoms with Crippen LogP contribution in [0.1, 0.15) is 17.2 Å². The van der Waals surface area contributed by atoms with Gasteiger partial charge in [0.15, 0.2) is 11.6 Å². The molecule has 0 spiro atoms. The van der Waals surface area contributed by atoms with E-state index in [2.05, 4.69) is 0 Å². The highest BCUT2D eigenvalue weighted by Gasteiger charge is 2.17. The minimum atomic E-state index is -1.12. The molecule has 0 heterocycles. The van der Waals surface area contributed by atoms with Gasteiger partial charge in [0.2, 0.25) is 0 Å². The number of halogens is 2. The second-order valence-corrected chi connectivity index (χ2v) is 4.17. The van der Waals surface area contributed by atoms with Crippen molar-refractivity contribution in [1.29, 1.82) is 0 Å². The van der Waals surface area contributed by atoms with Gasteiger partial charge in [-0.1, -0.05) is 30.3 Å². The van der Waals surface area contributed by atoms with Crippen molar-refractivity contribution >= 4 is 0 Å². The second kappa shape index (κ2) is 5.80. The van der Waals surface area contributed by atoms with Crippen molar-refractivity contribution in [2.45, 2.75) is 12.5 Å². The minimum absolute atomic E-state index is 0.0501. The summed E-state index contributed by atoms with van der Waals surface area (Å²) >= 11 is 0. The molecule has 0 radical (unpaired) electrons. The molecule has 0 saturated heterocycles. The lowest BCUT2D eigenvalue weighted by atomic mass is 10.00. The van der Waals surface area contributed by atoms with Gasteiger partial charge in [0.1, 0.15) is 5.75 Å². The summed E-state index contributed by atoms with van der Waals surface area (Å²) in [5, 5.41) is 10.0. The van der Waals surface area contributed by atoms with E-state index in [0.717, 1.165) is 11.6 Å². The summed E-state index contributed by atoms with van der Waals surface area (Å²) in [5.41, 5.74) is 0.687. The highest BCUT2D eigenvalue weighted by atomic mass is 19.2. The number of benzene rings is 2. The van der Waals surface area contributed by atoms with E-state index in [1.165, 1.54) is 19.2 Å². The van der Waals surface area contributed by atoms with E-state index >= 15 is 0 Å². The van der Waals surface area contributed by atoms with E-state index in [9.17, 15) is 13.9 Å². The average molecular weight is 264 g/mol. The Hall–Kier alpha value is -1.94. The Morgan fingerprint density at radius 1 is 1.11 bits per heavy atom. The first kappa shape index (κ1) is 13.5. The molecule has 0 aliphatic carbocycles. The topological polar surface area (TPSA) is 29.5 Å². The Bertz CT molecular complexity index is 570. The molecule has 4 heteroatoms. The summed E-state index contributed by atoms with van der Waals surface area (Å²) in [6.07, 6.45) is -0.961. The van der Waals surface area contributed by atoms with Crippen molar-refractivity contribution in [1.82, 2.24) is 0 Å². The van der Waals surface area contributed by atoms with Crippen LogP contribution >= 0.6 is 0 Å². The normalized spacial score (nSPS) is 12.2. The third-order valence-corrected chi connectivity index (χ3v) is 2.95. The number of ether oxygens (including phenoxy) is 1. The molecular weight excluding hydrogens is 250 g/mol. The predicted octanol–water partition coefficient (Wildman–Crippen LogP) is 3.25. The standard InChI is InChI=1S/C15H14F2O2/c1-19-14-8-3-2-5-10(14)9-13(18)11-6-4-7-12(16)15(11)17/h2-8,13,18H,9H2,1H3. The molecule has 2 rings (SSSR count). The van der Waals surface area contributed by atoms with Gasteiger partial charge in [0.25, 0.3) is 0 Å². The van der Waals surface area contributed by atoms with Gasteiger partial charge in [0, 0.05) is 12.0 Å². The van der Waals surface area contributed by atoms with E-state index < -0.39 is 17.7 Å². The molecule has 2 aromatic rings. The van der Waals surface area contributed by atoms with Gasteiger partial charge in [0.05, 0.1) is 13.2 Å². The first-order valence-corrected chi connectivity index (χ1v) is 5.87. The van der Waals surface area contributed by atoms with E-state index in [0.29, 0.717) is 5.75 Å². The number of aliphatic hydroxyl groups excluding tert-OH is 1. The Morgan fingerprint density at radius 2 is 1.84 bits per heavy atom. The first-order chi connectivity index (χ1) is 9.13. The van der Waals surface area contributed by atoms with Crippen LogP contribution in [0, 0.1) is 11.6 Å². The van der Waals surface area contributed by atoms with Crippen LogP contribution in [0.15, 0.2) is 42.5 Å². The van der Waals surface area contributed by atoms with Crippen LogP contribution in [-0.2, 0) is 6.42 Å². The Balaban J connectivity index is 2.26. The molecule has 1 atom stereocenters. The maximum absolute atomic E-state index is 13.6. The van der Waals surface area contributed by atoms with Crippen molar-refractivity contribution in [3.8, 4) is 5.75 Å². The zero-order valence-electron chi connectivity index (χ0n) is 10.4. The smallest absolute Gasteiger partial charge is 0.164 e. The van der Waals surface area contributed by atoms with Crippen molar-refractivity contribution < 1.29 is 18.6 Å². The molecule has 0 amide bonds. The average Bonchev–Trinajstić information content (AvgIpc) is 2.42. The van der Waals surface area contributed by atoms with E-state index in [-0.39, 0.29) is 12.0 Å². The van der Waals surface area contributed by atoms with Crippen molar-refractivity contribution in [3.05, 3.63) is 65.2 Å². The summed E-state index contributed by atoms with van der Waals surface area (Å²) in [6.45, 7) is 0. The van der Waals surface area contributed by atoms with Crippen LogP contribution in [0.4, 0.5) is 8.78 Å². The Kier molecular flexibility index (Phi) is 4.12. The van der Waals surface area contributed by atoms with Crippen molar-refractivity contribution in [3.63, 3.8) is 0 Å². The van der Waals surface area contributed by atoms with Crippen molar-refractivity contribution in [2.24, 2.45) is 0 Å². The number of hydrogen-bond donors (Lipinski definition) is 1.